The quantitative estimate of drug-likeness (QED) is 0.514. The minimum Gasteiger partial charge on any atom is -0.364 e. The van der Waals surface area contributed by atoms with Crippen molar-refractivity contribution in [3.8, 4) is 5.82 Å². The summed E-state index contributed by atoms with van der Waals surface area (Å²) < 4.78 is 2.63. The number of carbonyl (C=O) groups is 2. The van der Waals surface area contributed by atoms with Gasteiger partial charge in [-0.1, -0.05) is 19.4 Å². The summed E-state index contributed by atoms with van der Waals surface area (Å²) in [6.45, 7) is 2.52. The lowest BCUT2D eigenvalue weighted by atomic mass is 10.1. The van der Waals surface area contributed by atoms with Gasteiger partial charge >= 0.3 is 0 Å². The van der Waals surface area contributed by atoms with Gasteiger partial charge in [0.15, 0.2) is 11.5 Å². The van der Waals surface area contributed by atoms with E-state index in [-0.39, 0.29) is 11.6 Å². The summed E-state index contributed by atoms with van der Waals surface area (Å²) in [6, 6.07) is 9.45. The van der Waals surface area contributed by atoms with Gasteiger partial charge in [-0.25, -0.2) is 9.67 Å². The average molecular weight is 491 g/mol. The summed E-state index contributed by atoms with van der Waals surface area (Å²) in [5, 5.41) is 5.04. The molecule has 0 atom stereocenters. The van der Waals surface area contributed by atoms with Crippen LogP contribution < -0.4 is 5.73 Å². The number of nitrogens with zero attached hydrogens (tertiary/aromatic N) is 4. The molecule has 3 aromatic rings. The van der Waals surface area contributed by atoms with Crippen LogP contribution in [0.4, 0.5) is 0 Å². The number of hydrogen-bond donors (Lipinski definition) is 1. The molecule has 0 aliphatic heterocycles. The zero-order valence-electron chi connectivity index (χ0n) is 15.9. The van der Waals surface area contributed by atoms with E-state index in [0.29, 0.717) is 24.2 Å². The monoisotopic (exact) mass is 491 g/mol. The van der Waals surface area contributed by atoms with Gasteiger partial charge < -0.3 is 10.6 Å². The third-order valence-corrected chi connectivity index (χ3v) is 5.16. The van der Waals surface area contributed by atoms with Gasteiger partial charge in [0, 0.05) is 35.2 Å². The van der Waals surface area contributed by atoms with E-state index < -0.39 is 5.91 Å². The van der Waals surface area contributed by atoms with Crippen LogP contribution in [-0.4, -0.2) is 38.5 Å². The highest BCUT2D eigenvalue weighted by atomic mass is 127. The maximum absolute atomic E-state index is 12.2. The van der Waals surface area contributed by atoms with E-state index in [4.69, 9.17) is 5.73 Å². The molecule has 146 valence electrons. The Balaban J connectivity index is 1.98. The van der Waals surface area contributed by atoms with E-state index in [1.807, 2.05) is 30.3 Å². The van der Waals surface area contributed by atoms with E-state index in [1.165, 1.54) is 0 Å². The van der Waals surface area contributed by atoms with Crippen molar-refractivity contribution in [2.45, 2.75) is 32.7 Å². The molecule has 8 heteroatoms. The van der Waals surface area contributed by atoms with E-state index in [2.05, 4.69) is 39.6 Å². The predicted octanol–water partition coefficient (Wildman–Crippen LogP) is 3.27. The Labute approximate surface area is 177 Å². The summed E-state index contributed by atoms with van der Waals surface area (Å²) in [4.78, 5) is 30.2. The van der Waals surface area contributed by atoms with Crippen molar-refractivity contribution in [3.05, 3.63) is 51.4 Å². The first-order chi connectivity index (χ1) is 13.4. The third kappa shape index (κ3) is 4.32. The van der Waals surface area contributed by atoms with E-state index in [0.717, 1.165) is 27.5 Å². The third-order valence-electron chi connectivity index (χ3n) is 4.49. The van der Waals surface area contributed by atoms with Crippen LogP contribution in [0.2, 0.25) is 0 Å². The molecule has 1 aromatic carbocycles. The Kier molecular flexibility index (Phi) is 6.28. The van der Waals surface area contributed by atoms with Crippen molar-refractivity contribution in [2.75, 3.05) is 7.05 Å². The average Bonchev–Trinajstić information content (AvgIpc) is 3.05. The molecule has 2 heterocycles. The molecule has 0 fully saturated rings. The Hall–Kier alpha value is -2.49. The van der Waals surface area contributed by atoms with Crippen molar-refractivity contribution in [2.24, 2.45) is 5.73 Å². The number of pyridine rings is 1. The molecular formula is C20H22IN5O2. The largest absolute Gasteiger partial charge is 0.364 e. The second-order valence-electron chi connectivity index (χ2n) is 6.66. The van der Waals surface area contributed by atoms with E-state index >= 15 is 0 Å². The molecular weight excluding hydrogens is 469 g/mol. The van der Waals surface area contributed by atoms with E-state index in [1.54, 1.807) is 22.8 Å². The second-order valence-corrected chi connectivity index (χ2v) is 7.91. The highest BCUT2D eigenvalue weighted by Crippen LogP contribution is 2.24. The van der Waals surface area contributed by atoms with Gasteiger partial charge in [0.1, 0.15) is 0 Å². The molecule has 3 rings (SSSR count). The number of benzene rings is 1. The maximum atomic E-state index is 12.2. The summed E-state index contributed by atoms with van der Waals surface area (Å²) in [5.41, 5.74) is 7.40. The summed E-state index contributed by atoms with van der Waals surface area (Å²) in [5.74, 6) is 0.124. The first-order valence-electron chi connectivity index (χ1n) is 9.08. The minimum absolute atomic E-state index is 0.107. The number of halogens is 1. The van der Waals surface area contributed by atoms with Gasteiger partial charge in [-0.15, -0.1) is 0 Å². The SMILES string of the molecule is CCCCC(=O)N(C)Cc1ccc2c(c1)c(C(N)=O)nn2-c1cc(I)ccn1. The van der Waals surface area contributed by atoms with Crippen LogP contribution in [0.5, 0.6) is 0 Å². The van der Waals surface area contributed by atoms with Crippen LogP contribution in [0, 0.1) is 3.57 Å². The fourth-order valence-electron chi connectivity index (χ4n) is 3.01. The lowest BCUT2D eigenvalue weighted by Crippen LogP contribution is -2.25. The Bertz CT molecular complexity index is 1030. The molecule has 7 nitrogen and oxygen atoms in total. The van der Waals surface area contributed by atoms with Crippen LogP contribution in [0.1, 0.15) is 42.2 Å². The van der Waals surface area contributed by atoms with Crippen LogP contribution >= 0.6 is 22.6 Å². The summed E-state index contributed by atoms with van der Waals surface area (Å²) in [6.07, 6.45) is 4.10. The number of amides is 2. The zero-order chi connectivity index (χ0) is 20.3. The van der Waals surface area contributed by atoms with Crippen LogP contribution in [0.3, 0.4) is 0 Å². The minimum atomic E-state index is -0.598. The molecule has 0 saturated carbocycles. The van der Waals surface area contributed by atoms with Crippen molar-refractivity contribution >= 4 is 45.3 Å². The highest BCUT2D eigenvalue weighted by Gasteiger charge is 2.18. The predicted molar refractivity (Wildman–Crippen MR) is 116 cm³/mol. The Morgan fingerprint density at radius 1 is 1.25 bits per heavy atom. The summed E-state index contributed by atoms with van der Waals surface area (Å²) in [7, 11) is 1.79. The molecule has 28 heavy (non-hydrogen) atoms. The smallest absolute Gasteiger partial charge is 0.269 e. The fraction of sp³-hybridized carbons (Fsp3) is 0.300. The fourth-order valence-corrected chi connectivity index (χ4v) is 3.45. The van der Waals surface area contributed by atoms with Crippen molar-refractivity contribution in [3.63, 3.8) is 0 Å². The number of fused-ring (bicyclic) bond motifs is 1. The lowest BCUT2D eigenvalue weighted by molar-refractivity contribution is -0.130. The van der Waals surface area contributed by atoms with Gasteiger partial charge in [0.25, 0.3) is 5.91 Å². The molecule has 0 saturated heterocycles. The number of aromatic nitrogens is 3. The number of nitrogens with two attached hydrogens (primary N) is 1. The highest BCUT2D eigenvalue weighted by molar-refractivity contribution is 14.1. The van der Waals surface area contributed by atoms with Gasteiger partial charge in [0.05, 0.1) is 5.52 Å². The zero-order valence-corrected chi connectivity index (χ0v) is 18.0. The molecule has 0 bridgehead atoms. The standard InChI is InChI=1S/C20H22IN5O2/c1-3-4-5-18(27)25(2)12-13-6-7-16-15(10-13)19(20(22)28)24-26(16)17-11-14(21)8-9-23-17/h6-11H,3-5,12H2,1-2H3,(H2,22,28). The Morgan fingerprint density at radius 2 is 2.04 bits per heavy atom. The first kappa shape index (κ1) is 20.2. The molecule has 2 N–H and O–H groups in total. The molecule has 0 radical (unpaired) electrons. The van der Waals surface area contributed by atoms with Gasteiger partial charge in [0.2, 0.25) is 5.91 Å². The second kappa shape index (κ2) is 8.68. The number of unbranched alkanes of at least 4 members (excludes halogenated alkanes) is 1. The lowest BCUT2D eigenvalue weighted by Gasteiger charge is -2.17. The summed E-state index contributed by atoms with van der Waals surface area (Å²) >= 11 is 2.20. The number of primary amides is 1. The molecule has 0 aliphatic carbocycles. The van der Waals surface area contributed by atoms with E-state index in [9.17, 15) is 9.59 Å². The van der Waals surface area contributed by atoms with Crippen molar-refractivity contribution in [1.82, 2.24) is 19.7 Å². The van der Waals surface area contributed by atoms with Gasteiger partial charge in [-0.3, -0.25) is 9.59 Å². The van der Waals surface area contributed by atoms with Crippen LogP contribution in [-0.2, 0) is 11.3 Å². The number of hydrogen-bond acceptors (Lipinski definition) is 4. The first-order valence-corrected chi connectivity index (χ1v) is 10.2. The molecule has 0 aliphatic rings. The van der Waals surface area contributed by atoms with Gasteiger partial charge in [-0.2, -0.15) is 5.10 Å². The number of carbonyl (C=O) groups excluding carboxylic acids is 2. The maximum Gasteiger partial charge on any atom is 0.269 e. The van der Waals surface area contributed by atoms with Crippen molar-refractivity contribution in [1.29, 1.82) is 0 Å². The Morgan fingerprint density at radius 3 is 2.71 bits per heavy atom. The molecule has 2 amide bonds. The van der Waals surface area contributed by atoms with Crippen LogP contribution in [0.15, 0.2) is 36.5 Å². The molecule has 0 unspecified atom stereocenters. The normalized spacial score (nSPS) is 11.0. The topological polar surface area (TPSA) is 94.1 Å². The number of rotatable bonds is 7. The molecule has 0 spiro atoms. The van der Waals surface area contributed by atoms with Gasteiger partial charge in [-0.05, 0) is 58.8 Å². The van der Waals surface area contributed by atoms with Crippen LogP contribution in [0.25, 0.3) is 16.7 Å². The molecule has 2 aromatic heterocycles. The van der Waals surface area contributed by atoms with Crippen molar-refractivity contribution < 1.29 is 9.59 Å².